The van der Waals surface area contributed by atoms with Crippen molar-refractivity contribution in [1.29, 1.82) is 0 Å². The van der Waals surface area contributed by atoms with Crippen LogP contribution in [0.4, 0.5) is 0 Å². The minimum absolute atomic E-state index is 0.605. The molecule has 0 N–H and O–H groups in total. The summed E-state index contributed by atoms with van der Waals surface area (Å²) in [7, 11) is 0. The zero-order valence-electron chi connectivity index (χ0n) is 21.8. The Labute approximate surface area is 265 Å². The third kappa shape index (κ3) is 7.32. The van der Waals surface area contributed by atoms with Gasteiger partial charge in [0.05, 0.1) is 0 Å². The Bertz CT molecular complexity index is 1500. The average Bonchev–Trinajstić information content (AvgIpc) is 2.99. The van der Waals surface area contributed by atoms with Gasteiger partial charge in [0.2, 0.25) is 17.8 Å². The molecule has 8 nitrogen and oxygen atoms in total. The van der Waals surface area contributed by atoms with Gasteiger partial charge < -0.3 is 0 Å². The Kier molecular flexibility index (Phi) is 11.8. The quantitative estimate of drug-likeness (QED) is 0.193. The Morgan fingerprint density at radius 3 is 0.900 bits per heavy atom. The summed E-state index contributed by atoms with van der Waals surface area (Å²) in [5.41, 5.74) is -0.300. The first-order valence-electron chi connectivity index (χ1n) is 12.1. The largest absolute Gasteiger partial charge is 0.238 e. The summed E-state index contributed by atoms with van der Waals surface area (Å²) in [5, 5.41) is 0. The molecule has 4 rings (SSSR count). The van der Waals surface area contributed by atoms with Gasteiger partial charge in [-0.3, -0.25) is 0 Å². The summed E-state index contributed by atoms with van der Waals surface area (Å²) >= 11 is 1.84. The number of nitrogens with zero attached hydrogens (tertiary/aromatic N) is 4. The fraction of sp³-hybridized carbons (Fsp3) is 0.0667. The maximum absolute atomic E-state index is 10.9. The Morgan fingerprint density at radius 1 is 0.400 bits per heavy atom. The molecule has 0 spiro atoms. The molecule has 0 unspecified atom stereocenters. The van der Waals surface area contributed by atoms with Gasteiger partial charge in [0.15, 0.2) is 0 Å². The van der Waals surface area contributed by atoms with Gasteiger partial charge in [-0.05, 0) is 0 Å². The first-order chi connectivity index (χ1) is 19.5. The van der Waals surface area contributed by atoms with E-state index in [-0.39, 0.29) is 0 Å². The van der Waals surface area contributed by atoms with Crippen molar-refractivity contribution in [3.05, 3.63) is 131 Å². The van der Waals surface area contributed by atoms with Crippen LogP contribution in [0.2, 0.25) is 0 Å². The zero-order chi connectivity index (χ0) is 28.8. The maximum Gasteiger partial charge on any atom is 0.238 e. The molecule has 40 heavy (non-hydrogen) atoms. The third-order valence-corrected chi connectivity index (χ3v) is 7.42. The second-order valence-corrected chi connectivity index (χ2v) is 10.9. The summed E-state index contributed by atoms with van der Waals surface area (Å²) in [6.07, 6.45) is 6.06. The normalized spacial score (nSPS) is 10.3. The molecule has 4 aromatic carbocycles. The molecule has 0 fully saturated rings. The molecule has 0 saturated heterocycles. The van der Waals surface area contributed by atoms with Crippen molar-refractivity contribution in [2.75, 3.05) is 0 Å². The fourth-order valence-corrected chi connectivity index (χ4v) is 4.74. The summed E-state index contributed by atoms with van der Waals surface area (Å²) in [5.74, 6) is 0. The minimum Gasteiger partial charge on any atom is -0.211 e. The molecule has 0 atom stereocenters. The molecule has 184 valence electrons. The van der Waals surface area contributed by atoms with E-state index < -0.39 is 11.3 Å². The Morgan fingerprint density at radius 2 is 0.650 bits per heavy atom. The van der Waals surface area contributed by atoms with E-state index in [1.165, 1.54) is 29.9 Å². The predicted molar refractivity (Wildman–Crippen MR) is 151 cm³/mol. The number of hydrogen-bond acceptors (Lipinski definition) is 8. The van der Waals surface area contributed by atoms with Crippen LogP contribution in [0.25, 0.3) is 0 Å². The molecule has 0 amide bonds. The standard InChI is InChI=1S/C15H10N2O2.C15H8N2O2.2Na/c2*18-11-16-15(17-12-19,13-7-3-1-4-8-13)14-9-5-2-6-10-14;;/h1-10H;3-10H;;. The molecule has 0 radical (unpaired) electrons. The molecule has 0 bridgehead atoms. The van der Waals surface area contributed by atoms with Crippen molar-refractivity contribution in [3.63, 3.8) is 0 Å². The van der Waals surface area contributed by atoms with Crippen LogP contribution in [-0.2, 0) is 30.5 Å². The van der Waals surface area contributed by atoms with E-state index in [9.17, 15) is 19.2 Å². The maximum atomic E-state index is 10.9. The molecule has 0 heterocycles. The van der Waals surface area contributed by atoms with Crippen LogP contribution in [0.15, 0.2) is 129 Å². The molecule has 0 aliphatic carbocycles. The SMILES string of the molecule is O=C=NC(N=C=O)(c1cc[c]([Na])cc1)c1cc[c]([Na])cc1.O=C=NC(N=C=O)(c1ccccc1)c1ccccc1. The van der Waals surface area contributed by atoms with E-state index in [4.69, 9.17) is 0 Å². The van der Waals surface area contributed by atoms with Crippen LogP contribution < -0.4 is 5.63 Å². The molecule has 0 aliphatic heterocycles. The van der Waals surface area contributed by atoms with E-state index in [0.717, 1.165) is 55.9 Å². The molecule has 4 aromatic rings. The number of aliphatic imine (C=N–C) groups is 4. The molecule has 0 aromatic heterocycles. The van der Waals surface area contributed by atoms with Gasteiger partial charge in [-0.1, -0.05) is 60.7 Å². The Hall–Kier alpha value is -3.60. The predicted octanol–water partition coefficient (Wildman–Crippen LogP) is 2.71. The van der Waals surface area contributed by atoms with Gasteiger partial charge in [-0.15, -0.1) is 0 Å². The third-order valence-electron chi connectivity index (χ3n) is 6.09. The van der Waals surface area contributed by atoms with Gasteiger partial charge in [-0.2, -0.15) is 9.98 Å². The van der Waals surface area contributed by atoms with Crippen molar-refractivity contribution in [3.8, 4) is 0 Å². The summed E-state index contributed by atoms with van der Waals surface area (Å²) < 4.78 is 2.40. The first-order valence-corrected chi connectivity index (χ1v) is 14.1. The van der Waals surface area contributed by atoms with Gasteiger partial charge in [0.25, 0.3) is 0 Å². The van der Waals surface area contributed by atoms with Crippen LogP contribution >= 0.6 is 0 Å². The van der Waals surface area contributed by atoms with Crippen molar-refractivity contribution in [2.24, 2.45) is 20.0 Å². The van der Waals surface area contributed by atoms with E-state index in [2.05, 4.69) is 20.0 Å². The summed E-state index contributed by atoms with van der Waals surface area (Å²) in [6.45, 7) is 0. The number of rotatable bonds is 8. The van der Waals surface area contributed by atoms with E-state index in [0.29, 0.717) is 22.3 Å². The van der Waals surface area contributed by atoms with E-state index in [1.54, 1.807) is 48.5 Å². The van der Waals surface area contributed by atoms with Crippen molar-refractivity contribution < 1.29 is 19.2 Å². The van der Waals surface area contributed by atoms with Crippen LogP contribution in [0.5, 0.6) is 0 Å². The van der Waals surface area contributed by atoms with Crippen molar-refractivity contribution in [1.82, 2.24) is 0 Å². The molecule has 0 aliphatic rings. The van der Waals surface area contributed by atoms with Crippen molar-refractivity contribution in [2.45, 2.75) is 11.3 Å². The number of carbonyl (C=O) groups excluding carboxylic acids is 4. The monoisotopic (exact) mass is 544 g/mol. The minimum atomic E-state index is -1.41. The molecular formula is C30H18N4Na2O4. The second-order valence-electron chi connectivity index (χ2n) is 8.62. The van der Waals surface area contributed by atoms with Crippen LogP contribution in [-0.4, -0.2) is 80.2 Å². The van der Waals surface area contributed by atoms with Crippen LogP contribution in [0.1, 0.15) is 22.3 Å². The van der Waals surface area contributed by atoms with Gasteiger partial charge >= 0.3 is 159 Å². The average molecular weight is 544 g/mol. The van der Waals surface area contributed by atoms with Crippen LogP contribution in [0.3, 0.4) is 0 Å². The van der Waals surface area contributed by atoms with Gasteiger partial charge in [-0.25, -0.2) is 9.59 Å². The first kappa shape index (κ1) is 30.9. The second kappa shape index (κ2) is 15.3. The molecular weight excluding hydrogens is 526 g/mol. The number of benzene rings is 4. The number of hydrogen-bond donors (Lipinski definition) is 0. The molecule has 10 heteroatoms. The van der Waals surface area contributed by atoms with Crippen LogP contribution in [0, 0.1) is 0 Å². The Balaban J connectivity index is 0.000000222. The summed E-state index contributed by atoms with van der Waals surface area (Å²) in [6, 6.07) is 32.9. The zero-order valence-corrected chi connectivity index (χ0v) is 25.8. The smallest absolute Gasteiger partial charge is 0.211 e. The number of isocyanates is 4. The molecule has 0 saturated carbocycles. The van der Waals surface area contributed by atoms with Crippen molar-refractivity contribution >= 4 is 85.8 Å². The van der Waals surface area contributed by atoms with E-state index >= 15 is 0 Å². The van der Waals surface area contributed by atoms with E-state index in [1.807, 2.05) is 60.7 Å². The summed E-state index contributed by atoms with van der Waals surface area (Å²) in [4.78, 5) is 58.5. The van der Waals surface area contributed by atoms with Gasteiger partial charge in [0, 0.05) is 11.1 Å². The van der Waals surface area contributed by atoms with Gasteiger partial charge in [0.1, 0.15) is 0 Å². The topological polar surface area (TPSA) is 118 Å². The fourth-order valence-electron chi connectivity index (χ4n) is 4.08.